The molecule has 2 atom stereocenters. The van der Waals surface area contributed by atoms with E-state index in [0.717, 1.165) is 25.4 Å². The molecule has 1 heterocycles. The van der Waals surface area contributed by atoms with Gasteiger partial charge in [-0.3, -0.25) is 0 Å². The summed E-state index contributed by atoms with van der Waals surface area (Å²) in [6.07, 6.45) is 2.42. The van der Waals surface area contributed by atoms with E-state index in [1.165, 1.54) is 6.42 Å². The van der Waals surface area contributed by atoms with Crippen molar-refractivity contribution in [2.45, 2.75) is 32.7 Å². The van der Waals surface area contributed by atoms with E-state index in [4.69, 9.17) is 5.73 Å². The highest BCUT2D eigenvalue weighted by atomic mass is 14.9. The van der Waals surface area contributed by atoms with Crippen LogP contribution in [-0.2, 0) is 0 Å². The van der Waals surface area contributed by atoms with E-state index in [2.05, 4.69) is 19.2 Å². The van der Waals surface area contributed by atoms with Gasteiger partial charge in [0.1, 0.15) is 0 Å². The van der Waals surface area contributed by atoms with Crippen molar-refractivity contribution in [3.63, 3.8) is 0 Å². The molecule has 2 heteroatoms. The monoisotopic (exact) mass is 156 g/mol. The lowest BCUT2D eigenvalue weighted by Gasteiger charge is -2.30. The van der Waals surface area contributed by atoms with Crippen LogP contribution in [0.1, 0.15) is 26.7 Å². The van der Waals surface area contributed by atoms with E-state index in [1.54, 1.807) is 0 Å². The van der Waals surface area contributed by atoms with Crippen LogP contribution in [0, 0.1) is 11.8 Å². The Balaban J connectivity index is 2.29. The molecule has 0 bridgehead atoms. The predicted molar refractivity (Wildman–Crippen MR) is 48.4 cm³/mol. The van der Waals surface area contributed by atoms with Crippen molar-refractivity contribution < 1.29 is 0 Å². The average molecular weight is 156 g/mol. The second kappa shape index (κ2) is 4.07. The van der Waals surface area contributed by atoms with Crippen molar-refractivity contribution in [2.75, 3.05) is 13.1 Å². The average Bonchev–Trinajstić information content (AvgIpc) is 1.93. The van der Waals surface area contributed by atoms with E-state index < -0.39 is 0 Å². The Morgan fingerprint density at radius 1 is 1.55 bits per heavy atom. The van der Waals surface area contributed by atoms with Crippen molar-refractivity contribution >= 4 is 0 Å². The van der Waals surface area contributed by atoms with Crippen LogP contribution in [0.15, 0.2) is 0 Å². The molecule has 0 amide bonds. The number of piperidine rings is 1. The van der Waals surface area contributed by atoms with Crippen molar-refractivity contribution in [1.82, 2.24) is 5.32 Å². The van der Waals surface area contributed by atoms with Crippen molar-refractivity contribution in [3.05, 3.63) is 0 Å². The molecule has 1 rings (SSSR count). The zero-order valence-corrected chi connectivity index (χ0v) is 7.64. The zero-order valence-electron chi connectivity index (χ0n) is 7.64. The van der Waals surface area contributed by atoms with Gasteiger partial charge in [0.25, 0.3) is 0 Å². The largest absolute Gasteiger partial charge is 0.327 e. The van der Waals surface area contributed by atoms with Gasteiger partial charge < -0.3 is 11.1 Å². The van der Waals surface area contributed by atoms with Gasteiger partial charge >= 0.3 is 0 Å². The standard InChI is InChI=1S/C9H20N2/c1-7(2)5-8-6-11-4-3-9(8)10/h7-9,11H,3-6,10H2,1-2H3. The van der Waals surface area contributed by atoms with Gasteiger partial charge in [-0.15, -0.1) is 0 Å². The van der Waals surface area contributed by atoms with Gasteiger partial charge in [0.15, 0.2) is 0 Å². The highest BCUT2D eigenvalue weighted by molar-refractivity contribution is 4.80. The summed E-state index contributed by atoms with van der Waals surface area (Å²) in [6, 6.07) is 0.443. The van der Waals surface area contributed by atoms with E-state index in [0.29, 0.717) is 12.0 Å². The molecule has 2 unspecified atom stereocenters. The van der Waals surface area contributed by atoms with Gasteiger partial charge in [-0.1, -0.05) is 13.8 Å². The molecule has 0 aromatic heterocycles. The summed E-state index contributed by atoms with van der Waals surface area (Å²) in [5.74, 6) is 1.50. The molecule has 1 saturated heterocycles. The Hall–Kier alpha value is -0.0800. The maximum Gasteiger partial charge on any atom is 0.00914 e. The Morgan fingerprint density at radius 3 is 2.82 bits per heavy atom. The van der Waals surface area contributed by atoms with Gasteiger partial charge in [0, 0.05) is 6.04 Å². The lowest BCUT2D eigenvalue weighted by Crippen LogP contribution is -2.45. The van der Waals surface area contributed by atoms with Crippen LogP contribution in [0.25, 0.3) is 0 Å². The van der Waals surface area contributed by atoms with Crippen LogP contribution in [0.3, 0.4) is 0 Å². The van der Waals surface area contributed by atoms with Crippen molar-refractivity contribution in [3.8, 4) is 0 Å². The first kappa shape index (κ1) is 9.01. The summed E-state index contributed by atoms with van der Waals surface area (Å²) in [5, 5.41) is 3.39. The minimum absolute atomic E-state index is 0.443. The maximum absolute atomic E-state index is 5.99. The Bertz CT molecular complexity index is 112. The van der Waals surface area contributed by atoms with Crippen LogP contribution in [0.5, 0.6) is 0 Å². The third-order valence-electron chi connectivity index (χ3n) is 2.44. The first-order chi connectivity index (χ1) is 5.20. The van der Waals surface area contributed by atoms with Crippen molar-refractivity contribution in [1.29, 1.82) is 0 Å². The van der Waals surface area contributed by atoms with Gasteiger partial charge in [-0.05, 0) is 37.8 Å². The molecule has 1 fully saturated rings. The lowest BCUT2D eigenvalue weighted by molar-refractivity contribution is 0.281. The highest BCUT2D eigenvalue weighted by Crippen LogP contribution is 2.17. The molecule has 66 valence electrons. The molecule has 0 aromatic carbocycles. The third-order valence-corrected chi connectivity index (χ3v) is 2.44. The quantitative estimate of drug-likeness (QED) is 0.625. The molecular weight excluding hydrogens is 136 g/mol. The first-order valence-corrected chi connectivity index (χ1v) is 4.66. The second-order valence-corrected chi connectivity index (χ2v) is 4.05. The first-order valence-electron chi connectivity index (χ1n) is 4.66. The van der Waals surface area contributed by atoms with E-state index in [1.807, 2.05) is 0 Å². The molecule has 0 radical (unpaired) electrons. The molecule has 1 aliphatic heterocycles. The summed E-state index contributed by atoms with van der Waals surface area (Å²) in [6.45, 7) is 6.76. The lowest BCUT2D eigenvalue weighted by atomic mass is 9.87. The van der Waals surface area contributed by atoms with Gasteiger partial charge in [0.05, 0.1) is 0 Å². The van der Waals surface area contributed by atoms with E-state index in [-0.39, 0.29) is 0 Å². The number of hydrogen-bond acceptors (Lipinski definition) is 2. The summed E-state index contributed by atoms with van der Waals surface area (Å²) < 4.78 is 0. The predicted octanol–water partition coefficient (Wildman–Crippen LogP) is 0.969. The maximum atomic E-state index is 5.99. The summed E-state index contributed by atoms with van der Waals surface area (Å²) in [7, 11) is 0. The van der Waals surface area contributed by atoms with Gasteiger partial charge in [0.2, 0.25) is 0 Å². The molecule has 2 nitrogen and oxygen atoms in total. The molecule has 0 aromatic rings. The summed E-state index contributed by atoms with van der Waals surface area (Å²) >= 11 is 0. The summed E-state index contributed by atoms with van der Waals surface area (Å²) in [4.78, 5) is 0. The van der Waals surface area contributed by atoms with Gasteiger partial charge in [-0.2, -0.15) is 0 Å². The SMILES string of the molecule is CC(C)CC1CNCCC1N. The molecular formula is C9H20N2. The zero-order chi connectivity index (χ0) is 8.27. The Labute approximate surface area is 69.5 Å². The molecule has 3 N–H and O–H groups in total. The normalized spacial score (nSPS) is 32.7. The number of nitrogens with one attached hydrogen (secondary N) is 1. The van der Waals surface area contributed by atoms with E-state index >= 15 is 0 Å². The molecule has 0 saturated carbocycles. The van der Waals surface area contributed by atoms with Crippen molar-refractivity contribution in [2.24, 2.45) is 17.6 Å². The Kier molecular flexibility index (Phi) is 3.34. The van der Waals surface area contributed by atoms with Crippen LogP contribution in [0.2, 0.25) is 0 Å². The smallest absolute Gasteiger partial charge is 0.00914 e. The molecule has 1 aliphatic rings. The minimum atomic E-state index is 0.443. The molecule has 0 spiro atoms. The number of rotatable bonds is 2. The Morgan fingerprint density at radius 2 is 2.27 bits per heavy atom. The fraction of sp³-hybridized carbons (Fsp3) is 1.00. The number of hydrogen-bond donors (Lipinski definition) is 2. The minimum Gasteiger partial charge on any atom is -0.327 e. The molecule has 0 aliphatic carbocycles. The van der Waals surface area contributed by atoms with Crippen LogP contribution < -0.4 is 11.1 Å². The topological polar surface area (TPSA) is 38.0 Å². The third kappa shape index (κ3) is 2.80. The fourth-order valence-electron chi connectivity index (χ4n) is 1.81. The van der Waals surface area contributed by atoms with E-state index in [9.17, 15) is 0 Å². The highest BCUT2D eigenvalue weighted by Gasteiger charge is 2.21. The van der Waals surface area contributed by atoms with Crippen LogP contribution in [-0.4, -0.2) is 19.1 Å². The molecule has 11 heavy (non-hydrogen) atoms. The van der Waals surface area contributed by atoms with Crippen LogP contribution >= 0.6 is 0 Å². The fourth-order valence-corrected chi connectivity index (χ4v) is 1.81. The van der Waals surface area contributed by atoms with Crippen LogP contribution in [0.4, 0.5) is 0 Å². The van der Waals surface area contributed by atoms with Gasteiger partial charge in [-0.25, -0.2) is 0 Å². The second-order valence-electron chi connectivity index (χ2n) is 4.05. The summed E-state index contributed by atoms with van der Waals surface area (Å²) in [5.41, 5.74) is 5.99. The number of nitrogens with two attached hydrogens (primary N) is 1.